The fraction of sp³-hybridized carbons (Fsp3) is 0.364. The standard InChI is InChI=1S/C11H14FN/c1-8(2)11-4-3-10(12)7-9(11)5-6-13/h3-4,6-8,13H,5H2,1-2H3. The Morgan fingerprint density at radius 1 is 1.46 bits per heavy atom. The first-order valence-electron chi connectivity index (χ1n) is 4.42. The minimum Gasteiger partial charge on any atom is -0.313 e. The molecule has 70 valence electrons. The van der Waals surface area contributed by atoms with Crippen LogP contribution < -0.4 is 0 Å². The van der Waals surface area contributed by atoms with Crippen LogP contribution in [0, 0.1) is 11.2 Å². The van der Waals surface area contributed by atoms with E-state index in [9.17, 15) is 4.39 Å². The van der Waals surface area contributed by atoms with Gasteiger partial charge in [-0.3, -0.25) is 0 Å². The highest BCUT2D eigenvalue weighted by Crippen LogP contribution is 2.20. The van der Waals surface area contributed by atoms with Crippen LogP contribution in [0.4, 0.5) is 4.39 Å². The Kier molecular flexibility index (Phi) is 3.18. The van der Waals surface area contributed by atoms with Gasteiger partial charge in [-0.25, -0.2) is 4.39 Å². The Morgan fingerprint density at radius 2 is 2.15 bits per heavy atom. The molecule has 0 aliphatic carbocycles. The van der Waals surface area contributed by atoms with Crippen molar-refractivity contribution >= 4 is 6.21 Å². The molecule has 0 heterocycles. The molecule has 1 nitrogen and oxygen atoms in total. The quantitative estimate of drug-likeness (QED) is 0.689. The highest BCUT2D eigenvalue weighted by molar-refractivity contribution is 5.59. The van der Waals surface area contributed by atoms with Gasteiger partial charge in [-0.15, -0.1) is 0 Å². The highest BCUT2D eigenvalue weighted by Gasteiger charge is 2.06. The Balaban J connectivity index is 3.10. The lowest BCUT2D eigenvalue weighted by Crippen LogP contribution is -1.97. The molecule has 2 heteroatoms. The molecule has 1 N–H and O–H groups in total. The molecule has 0 unspecified atom stereocenters. The van der Waals surface area contributed by atoms with Crippen LogP contribution in [0.15, 0.2) is 18.2 Å². The van der Waals surface area contributed by atoms with E-state index in [2.05, 4.69) is 13.8 Å². The second kappa shape index (κ2) is 4.17. The van der Waals surface area contributed by atoms with Crippen molar-refractivity contribution in [3.05, 3.63) is 35.1 Å². The van der Waals surface area contributed by atoms with E-state index in [0.717, 1.165) is 11.1 Å². The van der Waals surface area contributed by atoms with E-state index >= 15 is 0 Å². The van der Waals surface area contributed by atoms with E-state index in [0.29, 0.717) is 12.3 Å². The lowest BCUT2D eigenvalue weighted by molar-refractivity contribution is 0.624. The van der Waals surface area contributed by atoms with Crippen LogP contribution in [0.3, 0.4) is 0 Å². The summed E-state index contributed by atoms with van der Waals surface area (Å²) in [6.45, 7) is 4.14. The van der Waals surface area contributed by atoms with Crippen molar-refractivity contribution in [2.24, 2.45) is 0 Å². The summed E-state index contributed by atoms with van der Waals surface area (Å²) in [5.41, 5.74) is 2.05. The van der Waals surface area contributed by atoms with Gasteiger partial charge in [-0.2, -0.15) is 0 Å². The molecule has 0 aliphatic heterocycles. The third-order valence-corrected chi connectivity index (χ3v) is 2.05. The van der Waals surface area contributed by atoms with Crippen molar-refractivity contribution in [3.8, 4) is 0 Å². The topological polar surface area (TPSA) is 23.9 Å². The summed E-state index contributed by atoms with van der Waals surface area (Å²) in [7, 11) is 0. The average Bonchev–Trinajstić information content (AvgIpc) is 2.04. The first kappa shape index (κ1) is 9.90. The summed E-state index contributed by atoms with van der Waals surface area (Å²) < 4.78 is 12.9. The Labute approximate surface area is 78.1 Å². The molecule has 0 spiro atoms. The van der Waals surface area contributed by atoms with Gasteiger partial charge in [0, 0.05) is 6.42 Å². The van der Waals surface area contributed by atoms with Gasteiger partial charge < -0.3 is 5.41 Å². The summed E-state index contributed by atoms with van der Waals surface area (Å²) in [6.07, 6.45) is 1.83. The van der Waals surface area contributed by atoms with E-state index in [1.807, 2.05) is 0 Å². The van der Waals surface area contributed by atoms with E-state index in [-0.39, 0.29) is 5.82 Å². The van der Waals surface area contributed by atoms with Crippen LogP contribution in [0.25, 0.3) is 0 Å². The first-order valence-corrected chi connectivity index (χ1v) is 4.42. The number of hydrogen-bond donors (Lipinski definition) is 1. The number of benzene rings is 1. The maximum Gasteiger partial charge on any atom is 0.123 e. The molecule has 0 aliphatic rings. The van der Waals surface area contributed by atoms with Gasteiger partial charge in [0.05, 0.1) is 0 Å². The molecule has 0 fully saturated rings. The third-order valence-electron chi connectivity index (χ3n) is 2.05. The zero-order chi connectivity index (χ0) is 9.84. The summed E-state index contributed by atoms with van der Waals surface area (Å²) in [5.74, 6) is 0.164. The maximum atomic E-state index is 12.9. The van der Waals surface area contributed by atoms with E-state index in [4.69, 9.17) is 5.41 Å². The second-order valence-corrected chi connectivity index (χ2v) is 3.41. The fourth-order valence-electron chi connectivity index (χ4n) is 1.42. The van der Waals surface area contributed by atoms with Crippen molar-refractivity contribution in [2.75, 3.05) is 0 Å². The predicted molar refractivity (Wildman–Crippen MR) is 53.0 cm³/mol. The van der Waals surface area contributed by atoms with Crippen molar-refractivity contribution in [1.82, 2.24) is 0 Å². The molecule has 0 saturated carbocycles. The summed E-state index contributed by atoms with van der Waals surface area (Å²) in [6, 6.07) is 4.79. The largest absolute Gasteiger partial charge is 0.313 e. The Morgan fingerprint density at radius 3 is 2.69 bits per heavy atom. The normalized spacial score (nSPS) is 10.5. The molecular formula is C11H14FN. The van der Waals surface area contributed by atoms with Crippen LogP contribution in [-0.2, 0) is 6.42 Å². The van der Waals surface area contributed by atoms with Crippen molar-refractivity contribution in [1.29, 1.82) is 5.41 Å². The third kappa shape index (κ3) is 2.38. The summed E-state index contributed by atoms with van der Waals surface area (Å²) in [5, 5.41) is 7.00. The lowest BCUT2D eigenvalue weighted by atomic mass is 9.95. The highest BCUT2D eigenvalue weighted by atomic mass is 19.1. The minimum absolute atomic E-state index is 0.221. The summed E-state index contributed by atoms with van der Waals surface area (Å²) >= 11 is 0. The van der Waals surface area contributed by atoms with Crippen LogP contribution in [0.1, 0.15) is 30.9 Å². The molecule has 0 radical (unpaired) electrons. The molecule has 1 aromatic rings. The molecule has 0 atom stereocenters. The minimum atomic E-state index is -0.221. The van der Waals surface area contributed by atoms with Gasteiger partial charge in [-0.05, 0) is 35.4 Å². The number of nitrogens with one attached hydrogen (secondary N) is 1. The summed E-state index contributed by atoms with van der Waals surface area (Å²) in [4.78, 5) is 0. The van der Waals surface area contributed by atoms with Crippen molar-refractivity contribution in [2.45, 2.75) is 26.2 Å². The van der Waals surface area contributed by atoms with Crippen molar-refractivity contribution < 1.29 is 4.39 Å². The molecule has 1 rings (SSSR count). The maximum absolute atomic E-state index is 12.9. The molecule has 0 bridgehead atoms. The first-order chi connectivity index (χ1) is 6.15. The molecular weight excluding hydrogens is 165 g/mol. The zero-order valence-electron chi connectivity index (χ0n) is 7.97. The second-order valence-electron chi connectivity index (χ2n) is 3.41. The Hall–Kier alpha value is -1.18. The smallest absolute Gasteiger partial charge is 0.123 e. The number of halogens is 1. The Bertz CT molecular complexity index is 305. The van der Waals surface area contributed by atoms with Crippen LogP contribution in [-0.4, -0.2) is 6.21 Å². The van der Waals surface area contributed by atoms with Crippen LogP contribution in [0.2, 0.25) is 0 Å². The molecule has 0 aromatic heterocycles. The predicted octanol–water partition coefficient (Wildman–Crippen LogP) is 3.14. The SMILES string of the molecule is CC(C)c1ccc(F)cc1CC=N. The van der Waals surface area contributed by atoms with E-state index in [1.54, 1.807) is 6.07 Å². The van der Waals surface area contributed by atoms with Gasteiger partial charge in [0.2, 0.25) is 0 Å². The number of rotatable bonds is 3. The average molecular weight is 179 g/mol. The zero-order valence-corrected chi connectivity index (χ0v) is 7.97. The van der Waals surface area contributed by atoms with Crippen molar-refractivity contribution in [3.63, 3.8) is 0 Å². The lowest BCUT2D eigenvalue weighted by Gasteiger charge is -2.10. The molecule has 1 aromatic carbocycles. The van der Waals surface area contributed by atoms with Gasteiger partial charge in [0.15, 0.2) is 0 Å². The van der Waals surface area contributed by atoms with Gasteiger partial charge in [-0.1, -0.05) is 19.9 Å². The van der Waals surface area contributed by atoms with Gasteiger partial charge >= 0.3 is 0 Å². The van der Waals surface area contributed by atoms with Crippen LogP contribution >= 0.6 is 0 Å². The fourth-order valence-corrected chi connectivity index (χ4v) is 1.42. The monoisotopic (exact) mass is 179 g/mol. The molecule has 0 amide bonds. The molecule has 0 saturated heterocycles. The van der Waals surface area contributed by atoms with Gasteiger partial charge in [0.25, 0.3) is 0 Å². The van der Waals surface area contributed by atoms with Gasteiger partial charge in [0.1, 0.15) is 5.82 Å². The molecule has 13 heavy (non-hydrogen) atoms. The van der Waals surface area contributed by atoms with E-state index < -0.39 is 0 Å². The van der Waals surface area contributed by atoms with Crippen LogP contribution in [0.5, 0.6) is 0 Å². The number of hydrogen-bond acceptors (Lipinski definition) is 1. The van der Waals surface area contributed by atoms with E-state index in [1.165, 1.54) is 18.3 Å².